The van der Waals surface area contributed by atoms with E-state index in [1.165, 1.54) is 18.3 Å². The van der Waals surface area contributed by atoms with Gasteiger partial charge in [-0.3, -0.25) is 14.9 Å². The lowest BCUT2D eigenvalue weighted by Crippen LogP contribution is -2.10. The molecule has 0 aliphatic rings. The summed E-state index contributed by atoms with van der Waals surface area (Å²) in [7, 11) is 0. The molecule has 0 fully saturated rings. The number of carbonyl (C=O) groups excluding carboxylic acids is 1. The van der Waals surface area contributed by atoms with Gasteiger partial charge < -0.3 is 5.32 Å². The molecular formula is C10H6BrN3O3S. The van der Waals surface area contributed by atoms with Gasteiger partial charge in [0.05, 0.1) is 21.7 Å². The molecule has 1 amide bonds. The second-order valence-electron chi connectivity index (χ2n) is 3.22. The minimum atomic E-state index is -0.525. The van der Waals surface area contributed by atoms with Crippen LogP contribution in [0.4, 0.5) is 10.7 Å². The number of nitrogens with one attached hydrogen (secondary N) is 1. The highest BCUT2D eigenvalue weighted by Gasteiger charge is 2.15. The fraction of sp³-hybridized carbons (Fsp3) is 0. The highest BCUT2D eigenvalue weighted by Crippen LogP contribution is 2.24. The standard InChI is InChI=1S/C10H6BrN3O3S/c11-8-3-1-6(5-12-8)13-10(15)7-2-4-9(18-7)14(16)17/h1-5H,(H,13,15). The molecule has 18 heavy (non-hydrogen) atoms. The molecule has 0 unspecified atom stereocenters. The lowest BCUT2D eigenvalue weighted by molar-refractivity contribution is -0.380. The summed E-state index contributed by atoms with van der Waals surface area (Å²) in [5, 5.41) is 13.0. The summed E-state index contributed by atoms with van der Waals surface area (Å²) >= 11 is 4.01. The minimum Gasteiger partial charge on any atom is -0.320 e. The van der Waals surface area contributed by atoms with Crippen LogP contribution >= 0.6 is 27.3 Å². The van der Waals surface area contributed by atoms with Gasteiger partial charge in [0.25, 0.3) is 5.91 Å². The third-order valence-electron chi connectivity index (χ3n) is 1.98. The Bertz CT molecular complexity index is 597. The van der Waals surface area contributed by atoms with Crippen LogP contribution in [0.15, 0.2) is 35.1 Å². The molecule has 0 aliphatic carbocycles. The molecule has 0 aromatic carbocycles. The SMILES string of the molecule is O=C(Nc1ccc(Br)nc1)c1ccc([N+](=O)[O-])s1. The molecule has 0 aliphatic heterocycles. The normalized spacial score (nSPS) is 10.1. The van der Waals surface area contributed by atoms with Crippen LogP contribution in [0.1, 0.15) is 9.67 Å². The largest absolute Gasteiger partial charge is 0.324 e. The lowest BCUT2D eigenvalue weighted by Gasteiger charge is -2.02. The second kappa shape index (κ2) is 5.23. The molecule has 2 rings (SSSR count). The van der Waals surface area contributed by atoms with Gasteiger partial charge in [-0.2, -0.15) is 0 Å². The zero-order chi connectivity index (χ0) is 13.1. The number of hydrogen-bond acceptors (Lipinski definition) is 5. The van der Waals surface area contributed by atoms with Crippen molar-refractivity contribution in [3.63, 3.8) is 0 Å². The van der Waals surface area contributed by atoms with Gasteiger partial charge in [-0.1, -0.05) is 11.3 Å². The molecule has 0 saturated heterocycles. The molecule has 2 aromatic rings. The van der Waals surface area contributed by atoms with Gasteiger partial charge in [0.1, 0.15) is 4.60 Å². The predicted molar refractivity (Wildman–Crippen MR) is 70.9 cm³/mol. The van der Waals surface area contributed by atoms with Crippen molar-refractivity contribution in [1.29, 1.82) is 0 Å². The van der Waals surface area contributed by atoms with Gasteiger partial charge in [-0.25, -0.2) is 4.98 Å². The van der Waals surface area contributed by atoms with E-state index in [1.54, 1.807) is 12.1 Å². The molecule has 2 heterocycles. The molecule has 0 bridgehead atoms. The van der Waals surface area contributed by atoms with Crippen LogP contribution in [0.2, 0.25) is 0 Å². The van der Waals surface area contributed by atoms with E-state index in [2.05, 4.69) is 26.2 Å². The number of nitrogens with zero attached hydrogens (tertiary/aromatic N) is 2. The van der Waals surface area contributed by atoms with Crippen LogP contribution in [0.5, 0.6) is 0 Å². The van der Waals surface area contributed by atoms with E-state index in [9.17, 15) is 14.9 Å². The zero-order valence-electron chi connectivity index (χ0n) is 8.79. The Labute approximate surface area is 114 Å². The van der Waals surface area contributed by atoms with Crippen molar-refractivity contribution in [3.05, 3.63) is 50.1 Å². The van der Waals surface area contributed by atoms with E-state index in [0.29, 0.717) is 10.3 Å². The van der Waals surface area contributed by atoms with Crippen LogP contribution in [-0.2, 0) is 0 Å². The molecule has 1 N–H and O–H groups in total. The van der Waals surface area contributed by atoms with Crippen LogP contribution in [0, 0.1) is 10.1 Å². The number of hydrogen-bond donors (Lipinski definition) is 1. The fourth-order valence-electron chi connectivity index (χ4n) is 1.19. The van der Waals surface area contributed by atoms with Crippen molar-refractivity contribution in [2.75, 3.05) is 5.32 Å². The average Bonchev–Trinajstić information content (AvgIpc) is 2.81. The van der Waals surface area contributed by atoms with Gasteiger partial charge in [-0.15, -0.1) is 0 Å². The summed E-state index contributed by atoms with van der Waals surface area (Å²) in [5.74, 6) is -0.391. The van der Waals surface area contributed by atoms with Crippen LogP contribution < -0.4 is 5.32 Å². The number of halogens is 1. The average molecular weight is 328 g/mol. The number of anilines is 1. The van der Waals surface area contributed by atoms with E-state index < -0.39 is 10.8 Å². The van der Waals surface area contributed by atoms with Crippen LogP contribution in [0.25, 0.3) is 0 Å². The van der Waals surface area contributed by atoms with Gasteiger partial charge in [-0.05, 0) is 34.1 Å². The molecule has 0 spiro atoms. The summed E-state index contributed by atoms with van der Waals surface area (Å²) in [4.78, 5) is 26.0. The monoisotopic (exact) mass is 327 g/mol. The molecule has 0 radical (unpaired) electrons. The Morgan fingerprint density at radius 3 is 2.72 bits per heavy atom. The first-order chi connectivity index (χ1) is 8.56. The van der Waals surface area contributed by atoms with E-state index in [-0.39, 0.29) is 9.88 Å². The summed E-state index contributed by atoms with van der Waals surface area (Å²) < 4.78 is 0.660. The summed E-state index contributed by atoms with van der Waals surface area (Å²) in [6.45, 7) is 0. The van der Waals surface area contributed by atoms with E-state index in [0.717, 1.165) is 11.3 Å². The van der Waals surface area contributed by atoms with Crippen molar-refractivity contribution < 1.29 is 9.72 Å². The highest BCUT2D eigenvalue weighted by molar-refractivity contribution is 9.10. The van der Waals surface area contributed by atoms with Crippen LogP contribution in [-0.4, -0.2) is 15.8 Å². The molecule has 0 atom stereocenters. The maximum Gasteiger partial charge on any atom is 0.324 e. The van der Waals surface area contributed by atoms with Crippen molar-refractivity contribution in [3.8, 4) is 0 Å². The van der Waals surface area contributed by atoms with Gasteiger partial charge >= 0.3 is 5.00 Å². The first kappa shape index (κ1) is 12.7. The van der Waals surface area contributed by atoms with Gasteiger partial charge in [0.2, 0.25) is 0 Å². The van der Waals surface area contributed by atoms with E-state index in [4.69, 9.17) is 0 Å². The summed E-state index contributed by atoms with van der Waals surface area (Å²) in [6.07, 6.45) is 1.49. The number of pyridine rings is 1. The Kier molecular flexibility index (Phi) is 3.68. The minimum absolute atomic E-state index is 0.0610. The molecule has 8 heteroatoms. The lowest BCUT2D eigenvalue weighted by atomic mass is 10.4. The number of thiophene rings is 1. The Morgan fingerprint density at radius 1 is 1.39 bits per heavy atom. The smallest absolute Gasteiger partial charge is 0.320 e. The zero-order valence-corrected chi connectivity index (χ0v) is 11.2. The van der Waals surface area contributed by atoms with Crippen molar-refractivity contribution >= 4 is 43.9 Å². The molecule has 6 nitrogen and oxygen atoms in total. The molecule has 0 saturated carbocycles. The van der Waals surface area contributed by atoms with E-state index >= 15 is 0 Å². The number of rotatable bonds is 3. The summed E-state index contributed by atoms with van der Waals surface area (Å²) in [5.41, 5.74) is 0.527. The van der Waals surface area contributed by atoms with Crippen molar-refractivity contribution in [1.82, 2.24) is 4.98 Å². The number of carbonyl (C=O) groups is 1. The van der Waals surface area contributed by atoms with Crippen molar-refractivity contribution in [2.24, 2.45) is 0 Å². The molecule has 92 valence electrons. The summed E-state index contributed by atoms with van der Waals surface area (Å²) in [6, 6.07) is 6.09. The van der Waals surface area contributed by atoms with E-state index in [1.807, 2.05) is 0 Å². The third kappa shape index (κ3) is 2.90. The Balaban J connectivity index is 2.11. The fourth-order valence-corrected chi connectivity index (χ4v) is 2.14. The van der Waals surface area contributed by atoms with Crippen LogP contribution in [0.3, 0.4) is 0 Å². The van der Waals surface area contributed by atoms with Gasteiger partial charge in [0.15, 0.2) is 0 Å². The highest BCUT2D eigenvalue weighted by atomic mass is 79.9. The number of amides is 1. The number of nitro groups is 1. The predicted octanol–water partition coefficient (Wildman–Crippen LogP) is 3.07. The maximum absolute atomic E-state index is 11.8. The third-order valence-corrected chi connectivity index (χ3v) is 3.49. The number of aromatic nitrogens is 1. The topological polar surface area (TPSA) is 85.1 Å². The quantitative estimate of drug-likeness (QED) is 0.533. The first-order valence-electron chi connectivity index (χ1n) is 4.73. The first-order valence-corrected chi connectivity index (χ1v) is 6.34. The Hall–Kier alpha value is -1.80. The second-order valence-corrected chi connectivity index (χ2v) is 5.09. The molecular weight excluding hydrogens is 322 g/mol. The van der Waals surface area contributed by atoms with Crippen molar-refractivity contribution in [2.45, 2.75) is 0 Å². The van der Waals surface area contributed by atoms with Gasteiger partial charge in [0, 0.05) is 6.07 Å². The molecule has 2 aromatic heterocycles. The Morgan fingerprint density at radius 2 is 2.17 bits per heavy atom. The maximum atomic E-state index is 11.8.